The third kappa shape index (κ3) is 5.93. The summed E-state index contributed by atoms with van der Waals surface area (Å²) >= 11 is 0. The molecular formula is C20H22N2O5. The first-order valence-electron chi connectivity index (χ1n) is 8.50. The summed E-state index contributed by atoms with van der Waals surface area (Å²) in [7, 11) is 1.53. The Balaban J connectivity index is 2.03. The smallest absolute Gasteiger partial charge is 0.325 e. The molecule has 1 atom stereocenters. The lowest BCUT2D eigenvalue weighted by Gasteiger charge is -2.17. The number of methoxy groups -OCH3 is 1. The minimum atomic E-state index is -1.01. The normalized spacial score (nSPS) is 11.3. The van der Waals surface area contributed by atoms with E-state index in [-0.39, 0.29) is 18.8 Å². The van der Waals surface area contributed by atoms with Crippen LogP contribution >= 0.6 is 0 Å². The summed E-state index contributed by atoms with van der Waals surface area (Å²) in [6, 6.07) is 14.1. The Kier molecular flexibility index (Phi) is 7.51. The predicted molar refractivity (Wildman–Crippen MR) is 99.4 cm³/mol. The number of esters is 1. The van der Waals surface area contributed by atoms with Crippen LogP contribution in [0.3, 0.4) is 0 Å². The van der Waals surface area contributed by atoms with Gasteiger partial charge in [0, 0.05) is 17.5 Å². The van der Waals surface area contributed by atoms with Gasteiger partial charge in [-0.1, -0.05) is 18.2 Å². The molecule has 0 aliphatic rings. The van der Waals surface area contributed by atoms with Gasteiger partial charge in [0.05, 0.1) is 13.7 Å². The number of Topliss-reactive ketones (excluding diaryl/α,β-unsaturated/α-hetero) is 1. The fraction of sp³-hybridized carbons (Fsp3) is 0.250. The number of carbonyl (C=O) groups is 3. The van der Waals surface area contributed by atoms with Crippen LogP contribution in [0.15, 0.2) is 54.6 Å². The number of rotatable bonds is 9. The van der Waals surface area contributed by atoms with E-state index >= 15 is 0 Å². The van der Waals surface area contributed by atoms with Crippen LogP contribution in [0.2, 0.25) is 0 Å². The SMILES string of the molecule is CCOC(=O)C(CC(=O)c1ccc(OC)cc1)NNC(=O)c1ccccc1. The second-order valence-electron chi connectivity index (χ2n) is 5.62. The number of benzene rings is 2. The number of hydrazine groups is 1. The topological polar surface area (TPSA) is 93.7 Å². The number of hydrogen-bond acceptors (Lipinski definition) is 6. The minimum Gasteiger partial charge on any atom is -0.497 e. The maximum absolute atomic E-state index is 12.5. The fourth-order valence-electron chi connectivity index (χ4n) is 2.33. The highest BCUT2D eigenvalue weighted by Crippen LogP contribution is 2.14. The van der Waals surface area contributed by atoms with Crippen LogP contribution in [0, 0.1) is 0 Å². The summed E-state index contributed by atoms with van der Waals surface area (Å²) in [5.74, 6) is -0.673. The molecule has 0 saturated heterocycles. The maximum atomic E-state index is 12.5. The van der Waals surface area contributed by atoms with Crippen LogP contribution in [-0.4, -0.2) is 37.4 Å². The van der Waals surface area contributed by atoms with E-state index in [1.165, 1.54) is 7.11 Å². The van der Waals surface area contributed by atoms with E-state index in [1.54, 1.807) is 61.5 Å². The summed E-state index contributed by atoms with van der Waals surface area (Å²) < 4.78 is 10.1. The van der Waals surface area contributed by atoms with Crippen molar-refractivity contribution in [2.24, 2.45) is 0 Å². The number of ketones is 1. The van der Waals surface area contributed by atoms with Crippen LogP contribution in [0.1, 0.15) is 34.1 Å². The number of amides is 1. The van der Waals surface area contributed by atoms with Gasteiger partial charge in [-0.05, 0) is 43.3 Å². The van der Waals surface area contributed by atoms with Crippen LogP contribution in [0.25, 0.3) is 0 Å². The molecule has 0 fully saturated rings. The Hall–Kier alpha value is -3.19. The molecule has 0 bridgehead atoms. The molecule has 1 amide bonds. The average molecular weight is 370 g/mol. The van der Waals surface area contributed by atoms with Gasteiger partial charge in [0.25, 0.3) is 5.91 Å². The summed E-state index contributed by atoms with van der Waals surface area (Å²) in [5.41, 5.74) is 5.91. The molecule has 0 radical (unpaired) electrons. The number of carbonyl (C=O) groups excluding carboxylic acids is 3. The maximum Gasteiger partial charge on any atom is 0.325 e. The van der Waals surface area contributed by atoms with Gasteiger partial charge < -0.3 is 9.47 Å². The molecule has 0 aliphatic carbocycles. The second kappa shape index (κ2) is 10.1. The van der Waals surface area contributed by atoms with Gasteiger partial charge >= 0.3 is 5.97 Å². The van der Waals surface area contributed by atoms with E-state index in [2.05, 4.69) is 10.9 Å². The molecule has 7 heteroatoms. The van der Waals surface area contributed by atoms with Crippen molar-refractivity contribution in [1.29, 1.82) is 0 Å². The Morgan fingerprint density at radius 3 is 2.22 bits per heavy atom. The van der Waals surface area contributed by atoms with Gasteiger partial charge in [-0.3, -0.25) is 19.8 Å². The van der Waals surface area contributed by atoms with E-state index in [1.807, 2.05) is 0 Å². The highest BCUT2D eigenvalue weighted by Gasteiger charge is 2.24. The van der Waals surface area contributed by atoms with E-state index in [0.29, 0.717) is 16.9 Å². The zero-order chi connectivity index (χ0) is 19.6. The summed E-state index contributed by atoms with van der Waals surface area (Å²) in [4.78, 5) is 36.8. The van der Waals surface area contributed by atoms with Crippen LogP contribution in [-0.2, 0) is 9.53 Å². The Labute approximate surface area is 157 Å². The van der Waals surface area contributed by atoms with Gasteiger partial charge in [-0.15, -0.1) is 0 Å². The van der Waals surface area contributed by atoms with Crippen molar-refractivity contribution < 1.29 is 23.9 Å². The van der Waals surface area contributed by atoms with Crippen LogP contribution in [0.5, 0.6) is 5.75 Å². The lowest BCUT2D eigenvalue weighted by atomic mass is 10.0. The van der Waals surface area contributed by atoms with Crippen molar-refractivity contribution in [2.45, 2.75) is 19.4 Å². The van der Waals surface area contributed by atoms with E-state index in [4.69, 9.17) is 9.47 Å². The first kappa shape index (κ1) is 20.1. The van der Waals surface area contributed by atoms with Crippen molar-refractivity contribution >= 4 is 17.7 Å². The van der Waals surface area contributed by atoms with E-state index in [0.717, 1.165) is 0 Å². The van der Waals surface area contributed by atoms with Crippen molar-refractivity contribution in [2.75, 3.05) is 13.7 Å². The molecule has 27 heavy (non-hydrogen) atoms. The largest absolute Gasteiger partial charge is 0.497 e. The molecular weight excluding hydrogens is 348 g/mol. The molecule has 1 unspecified atom stereocenters. The second-order valence-corrected chi connectivity index (χ2v) is 5.62. The molecule has 2 aromatic carbocycles. The first-order valence-corrected chi connectivity index (χ1v) is 8.50. The highest BCUT2D eigenvalue weighted by atomic mass is 16.5. The van der Waals surface area contributed by atoms with Gasteiger partial charge in [0.1, 0.15) is 11.8 Å². The number of ether oxygens (including phenoxy) is 2. The lowest BCUT2D eigenvalue weighted by Crippen LogP contribution is -2.49. The molecule has 7 nitrogen and oxygen atoms in total. The van der Waals surface area contributed by atoms with Crippen LogP contribution < -0.4 is 15.6 Å². The van der Waals surface area contributed by atoms with Crippen molar-refractivity contribution in [1.82, 2.24) is 10.9 Å². The molecule has 142 valence electrons. The minimum absolute atomic E-state index is 0.166. The quantitative estimate of drug-likeness (QED) is 0.399. The molecule has 2 aromatic rings. The third-order valence-electron chi connectivity index (χ3n) is 3.77. The molecule has 0 saturated carbocycles. The average Bonchev–Trinajstić information content (AvgIpc) is 2.71. The fourth-order valence-corrected chi connectivity index (χ4v) is 2.33. The van der Waals surface area contributed by atoms with Crippen molar-refractivity contribution in [3.05, 3.63) is 65.7 Å². The Bertz CT molecular complexity index is 775. The predicted octanol–water partition coefficient (Wildman–Crippen LogP) is 2.13. The van der Waals surface area contributed by atoms with Gasteiger partial charge in [0.2, 0.25) is 0 Å². The lowest BCUT2D eigenvalue weighted by molar-refractivity contribution is -0.145. The molecule has 2 N–H and O–H groups in total. The van der Waals surface area contributed by atoms with Crippen molar-refractivity contribution in [3.8, 4) is 5.75 Å². The summed E-state index contributed by atoms with van der Waals surface area (Å²) in [5, 5.41) is 0. The zero-order valence-corrected chi connectivity index (χ0v) is 15.2. The molecule has 0 spiro atoms. The summed E-state index contributed by atoms with van der Waals surface area (Å²) in [6.45, 7) is 1.84. The monoisotopic (exact) mass is 370 g/mol. The first-order chi connectivity index (χ1) is 13.0. The van der Waals surface area contributed by atoms with E-state index < -0.39 is 17.9 Å². The Morgan fingerprint density at radius 1 is 0.963 bits per heavy atom. The molecule has 2 rings (SSSR count). The van der Waals surface area contributed by atoms with Crippen molar-refractivity contribution in [3.63, 3.8) is 0 Å². The molecule has 0 heterocycles. The Morgan fingerprint density at radius 2 is 1.63 bits per heavy atom. The number of nitrogens with one attached hydrogen (secondary N) is 2. The van der Waals surface area contributed by atoms with Gasteiger partial charge in [-0.25, -0.2) is 5.43 Å². The zero-order valence-electron chi connectivity index (χ0n) is 15.2. The highest BCUT2D eigenvalue weighted by molar-refractivity contribution is 5.99. The standard InChI is InChI=1S/C20H22N2O5/c1-3-27-20(25)17(21-22-19(24)15-7-5-4-6-8-15)13-18(23)14-9-11-16(26-2)12-10-14/h4-12,17,21H,3,13H2,1-2H3,(H,22,24). The van der Waals surface area contributed by atoms with Gasteiger partial charge in [0.15, 0.2) is 5.78 Å². The molecule has 0 aromatic heterocycles. The number of hydrogen-bond donors (Lipinski definition) is 2. The third-order valence-corrected chi connectivity index (χ3v) is 3.77. The summed E-state index contributed by atoms with van der Waals surface area (Å²) in [6.07, 6.45) is -0.166. The van der Waals surface area contributed by atoms with Gasteiger partial charge in [-0.2, -0.15) is 0 Å². The van der Waals surface area contributed by atoms with Crippen LogP contribution in [0.4, 0.5) is 0 Å². The van der Waals surface area contributed by atoms with E-state index in [9.17, 15) is 14.4 Å². The molecule has 0 aliphatic heterocycles.